The van der Waals surface area contributed by atoms with Crippen molar-refractivity contribution in [2.24, 2.45) is 5.73 Å². The Balaban J connectivity index is 1.85. The lowest BCUT2D eigenvalue weighted by Gasteiger charge is -2.08. The Morgan fingerprint density at radius 1 is 1.13 bits per heavy atom. The van der Waals surface area contributed by atoms with Gasteiger partial charge in [-0.3, -0.25) is 4.79 Å². The molecule has 0 spiro atoms. The third-order valence-electron chi connectivity index (χ3n) is 4.04. The topological polar surface area (TPSA) is 72.9 Å². The van der Waals surface area contributed by atoms with Gasteiger partial charge in [0.15, 0.2) is 0 Å². The van der Waals surface area contributed by atoms with Gasteiger partial charge in [-0.05, 0) is 57.5 Å². The summed E-state index contributed by atoms with van der Waals surface area (Å²) >= 11 is 0. The van der Waals surface area contributed by atoms with Gasteiger partial charge in [0.25, 0.3) is 0 Å². The molecule has 0 unspecified atom stereocenters. The van der Waals surface area contributed by atoms with Gasteiger partial charge in [0.2, 0.25) is 5.91 Å². The molecule has 1 aromatic carbocycles. The second-order valence-corrected chi connectivity index (χ2v) is 5.83. The second-order valence-electron chi connectivity index (χ2n) is 5.83. The fraction of sp³-hybridized carbons (Fsp3) is 0.444. The molecule has 2 aromatic rings. The van der Waals surface area contributed by atoms with Crippen LogP contribution in [0.2, 0.25) is 0 Å². The molecule has 0 aliphatic rings. The number of nitrogens with one attached hydrogen (secondary N) is 1. The van der Waals surface area contributed by atoms with Gasteiger partial charge >= 0.3 is 0 Å². The van der Waals surface area contributed by atoms with Crippen molar-refractivity contribution in [2.45, 2.75) is 46.0 Å². The first kappa shape index (κ1) is 17.2. The number of carbonyl (C=O) groups excluding carboxylic acids is 1. The molecular formula is C18H26N4O. The molecule has 0 saturated carbocycles. The van der Waals surface area contributed by atoms with E-state index in [1.54, 1.807) is 0 Å². The number of hydrogen-bond donors (Lipinski definition) is 2. The highest BCUT2D eigenvalue weighted by Crippen LogP contribution is 2.17. The number of benzene rings is 1. The lowest BCUT2D eigenvalue weighted by Crippen LogP contribution is -2.11. The predicted octanol–water partition coefficient (Wildman–Crippen LogP) is 3.34. The highest BCUT2D eigenvalue weighted by atomic mass is 16.1. The molecule has 0 bridgehead atoms. The summed E-state index contributed by atoms with van der Waals surface area (Å²) in [6.07, 6.45) is 6.49. The minimum atomic E-state index is 0.0696. The number of hydrogen-bond acceptors (Lipinski definition) is 3. The lowest BCUT2D eigenvalue weighted by molar-refractivity contribution is -0.116. The molecule has 2 rings (SSSR count). The third kappa shape index (κ3) is 4.93. The third-order valence-corrected chi connectivity index (χ3v) is 4.04. The molecule has 0 aliphatic carbocycles. The summed E-state index contributed by atoms with van der Waals surface area (Å²) in [5, 5.41) is 2.94. The number of carbonyl (C=O) groups is 1. The van der Waals surface area contributed by atoms with Gasteiger partial charge in [-0.2, -0.15) is 0 Å². The van der Waals surface area contributed by atoms with Crippen molar-refractivity contribution in [1.82, 2.24) is 9.55 Å². The van der Waals surface area contributed by atoms with Gasteiger partial charge in [0.05, 0.1) is 12.0 Å². The number of nitrogens with zero attached hydrogens (tertiary/aromatic N) is 2. The van der Waals surface area contributed by atoms with Crippen molar-refractivity contribution in [3.8, 4) is 5.69 Å². The average molecular weight is 314 g/mol. The van der Waals surface area contributed by atoms with E-state index in [1.807, 2.05) is 49.0 Å². The van der Waals surface area contributed by atoms with Crippen LogP contribution < -0.4 is 11.1 Å². The van der Waals surface area contributed by atoms with Gasteiger partial charge in [0, 0.05) is 23.5 Å². The van der Waals surface area contributed by atoms with Crippen LogP contribution in [0.3, 0.4) is 0 Å². The Bertz CT molecular complexity index is 631. The quantitative estimate of drug-likeness (QED) is 0.734. The maximum atomic E-state index is 11.9. The number of anilines is 1. The van der Waals surface area contributed by atoms with Gasteiger partial charge in [-0.15, -0.1) is 0 Å². The zero-order valence-corrected chi connectivity index (χ0v) is 14.0. The molecule has 124 valence electrons. The summed E-state index contributed by atoms with van der Waals surface area (Å²) < 4.78 is 2.04. The normalized spacial score (nSPS) is 10.7. The van der Waals surface area contributed by atoms with Crippen LogP contribution in [-0.4, -0.2) is 22.0 Å². The number of imidazole rings is 1. The van der Waals surface area contributed by atoms with Crippen LogP contribution in [0.4, 0.5) is 5.69 Å². The summed E-state index contributed by atoms with van der Waals surface area (Å²) in [6, 6.07) is 7.84. The number of amides is 1. The van der Waals surface area contributed by atoms with Crippen LogP contribution in [0.15, 0.2) is 30.6 Å². The second kappa shape index (κ2) is 8.48. The maximum Gasteiger partial charge on any atom is 0.224 e. The minimum absolute atomic E-state index is 0.0696. The Morgan fingerprint density at radius 2 is 1.83 bits per heavy atom. The molecule has 5 heteroatoms. The monoisotopic (exact) mass is 314 g/mol. The largest absolute Gasteiger partial charge is 0.330 e. The molecule has 0 radical (unpaired) electrons. The van der Waals surface area contributed by atoms with Gasteiger partial charge in [0.1, 0.15) is 0 Å². The molecule has 1 aromatic heterocycles. The first-order chi connectivity index (χ1) is 11.1. The number of rotatable bonds is 8. The van der Waals surface area contributed by atoms with Gasteiger partial charge in [-0.25, -0.2) is 4.98 Å². The molecule has 0 aliphatic heterocycles. The van der Waals surface area contributed by atoms with Crippen molar-refractivity contribution >= 4 is 11.6 Å². The molecule has 3 N–H and O–H groups in total. The Labute approximate surface area is 137 Å². The van der Waals surface area contributed by atoms with Crippen molar-refractivity contribution in [3.05, 3.63) is 42.0 Å². The van der Waals surface area contributed by atoms with Crippen LogP contribution >= 0.6 is 0 Å². The van der Waals surface area contributed by atoms with Crippen molar-refractivity contribution in [3.63, 3.8) is 0 Å². The van der Waals surface area contributed by atoms with Crippen LogP contribution in [0.5, 0.6) is 0 Å². The molecule has 0 saturated heterocycles. The van der Waals surface area contributed by atoms with E-state index in [0.717, 1.165) is 55.0 Å². The van der Waals surface area contributed by atoms with E-state index in [2.05, 4.69) is 10.3 Å². The zero-order chi connectivity index (χ0) is 16.7. The molecular weight excluding hydrogens is 288 g/mol. The Hall–Kier alpha value is -2.14. The predicted molar refractivity (Wildman–Crippen MR) is 93.8 cm³/mol. The fourth-order valence-electron chi connectivity index (χ4n) is 2.47. The first-order valence-electron chi connectivity index (χ1n) is 8.22. The number of aryl methyl sites for hydroxylation is 1. The first-order valence-corrected chi connectivity index (χ1v) is 8.22. The van der Waals surface area contributed by atoms with E-state index >= 15 is 0 Å². The van der Waals surface area contributed by atoms with E-state index in [4.69, 9.17) is 5.73 Å². The summed E-state index contributed by atoms with van der Waals surface area (Å²) in [4.78, 5) is 16.2. The van der Waals surface area contributed by atoms with Gasteiger partial charge in [-0.1, -0.05) is 12.8 Å². The van der Waals surface area contributed by atoms with E-state index in [-0.39, 0.29) is 5.91 Å². The van der Waals surface area contributed by atoms with E-state index in [9.17, 15) is 4.79 Å². The highest BCUT2D eigenvalue weighted by Gasteiger charge is 2.06. The Morgan fingerprint density at radius 3 is 2.43 bits per heavy atom. The van der Waals surface area contributed by atoms with Crippen molar-refractivity contribution in [1.29, 1.82) is 0 Å². The van der Waals surface area contributed by atoms with E-state index < -0.39 is 0 Å². The van der Waals surface area contributed by atoms with Gasteiger partial charge < -0.3 is 15.6 Å². The molecule has 0 atom stereocenters. The van der Waals surface area contributed by atoms with Crippen LogP contribution in [0, 0.1) is 13.8 Å². The van der Waals surface area contributed by atoms with Crippen LogP contribution in [0.25, 0.3) is 5.69 Å². The zero-order valence-electron chi connectivity index (χ0n) is 14.0. The summed E-state index contributed by atoms with van der Waals surface area (Å²) in [6.45, 7) is 4.77. The molecule has 1 heterocycles. The smallest absolute Gasteiger partial charge is 0.224 e. The van der Waals surface area contributed by atoms with E-state index in [1.165, 1.54) is 0 Å². The van der Waals surface area contributed by atoms with Crippen LogP contribution in [0.1, 0.15) is 43.5 Å². The highest BCUT2D eigenvalue weighted by molar-refractivity contribution is 5.90. The number of unbranched alkanes of at least 4 members (excludes halogenated alkanes) is 3. The van der Waals surface area contributed by atoms with E-state index in [0.29, 0.717) is 6.42 Å². The van der Waals surface area contributed by atoms with Crippen molar-refractivity contribution in [2.75, 3.05) is 11.9 Å². The summed E-state index contributed by atoms with van der Waals surface area (Å²) in [5.74, 6) is 0.0696. The van der Waals surface area contributed by atoms with Crippen molar-refractivity contribution < 1.29 is 4.79 Å². The minimum Gasteiger partial charge on any atom is -0.330 e. The maximum absolute atomic E-state index is 11.9. The molecule has 23 heavy (non-hydrogen) atoms. The average Bonchev–Trinajstić information content (AvgIpc) is 2.88. The number of aromatic nitrogens is 2. The molecule has 5 nitrogen and oxygen atoms in total. The lowest BCUT2D eigenvalue weighted by atomic mass is 10.1. The molecule has 0 fully saturated rings. The molecule has 1 amide bonds. The number of nitrogens with two attached hydrogens (primary N) is 1. The Kier molecular flexibility index (Phi) is 6.35. The SMILES string of the molecule is Cc1ncn(-c2ccc(NC(=O)CCCCCCN)cc2)c1C. The summed E-state index contributed by atoms with van der Waals surface area (Å²) in [5.41, 5.74) is 9.48. The summed E-state index contributed by atoms with van der Waals surface area (Å²) in [7, 11) is 0. The standard InChI is InChI=1S/C18H26N4O/c1-14-15(2)22(13-20-14)17-10-8-16(9-11-17)21-18(23)7-5-3-4-6-12-19/h8-11,13H,3-7,12,19H2,1-2H3,(H,21,23). The van der Waals surface area contributed by atoms with Crippen LogP contribution in [-0.2, 0) is 4.79 Å². The fourth-order valence-corrected chi connectivity index (χ4v) is 2.47.